The van der Waals surface area contributed by atoms with Gasteiger partial charge in [0.05, 0.1) is 6.04 Å². The lowest BCUT2D eigenvalue weighted by Crippen LogP contribution is -2.41. The lowest BCUT2D eigenvalue weighted by Gasteiger charge is -2.24. The zero-order chi connectivity index (χ0) is 15.4. The summed E-state index contributed by atoms with van der Waals surface area (Å²) in [5.41, 5.74) is 5.23. The van der Waals surface area contributed by atoms with Crippen LogP contribution in [0.3, 0.4) is 0 Å². The van der Waals surface area contributed by atoms with Crippen molar-refractivity contribution in [3.63, 3.8) is 0 Å². The molecule has 0 saturated carbocycles. The molecule has 0 aromatic rings. The summed E-state index contributed by atoms with van der Waals surface area (Å²) in [6.07, 6.45) is 11.1. The van der Waals surface area contributed by atoms with Gasteiger partial charge in [-0.05, 0) is 26.4 Å². The highest BCUT2D eigenvalue weighted by atomic mass is 16.1. The van der Waals surface area contributed by atoms with Crippen molar-refractivity contribution >= 4 is 5.78 Å². The zero-order valence-electron chi connectivity index (χ0n) is 14.1. The number of ketones is 1. The topological polar surface area (TPSA) is 55.1 Å². The Morgan fingerprint density at radius 2 is 1.40 bits per heavy atom. The molecule has 1 atom stereocenters. The maximum absolute atomic E-state index is 12.2. The van der Waals surface area contributed by atoms with Gasteiger partial charge in [-0.25, -0.2) is 0 Å². The van der Waals surface area contributed by atoms with E-state index in [1.807, 2.05) is 27.8 Å². The second kappa shape index (κ2) is 11.3. The van der Waals surface area contributed by atoms with E-state index in [0.29, 0.717) is 5.78 Å². The molecule has 0 spiro atoms. The molecule has 0 heterocycles. The summed E-state index contributed by atoms with van der Waals surface area (Å²) in [6, 6.07) is 0.0274. The fourth-order valence-corrected chi connectivity index (χ4v) is 2.48. The van der Waals surface area contributed by atoms with Crippen LogP contribution in [0.25, 0.3) is 0 Å². The average Bonchev–Trinajstić information content (AvgIpc) is 2.39. The summed E-state index contributed by atoms with van der Waals surface area (Å²) in [4.78, 5) is 12.2. The molecule has 120 valence electrons. The number of unbranched alkanes of at least 4 members (excludes halogenated alkanes) is 7. The highest BCUT2D eigenvalue weighted by Gasteiger charge is 2.27. The Morgan fingerprint density at radius 3 is 1.80 bits per heavy atom. The van der Waals surface area contributed by atoms with Crippen molar-refractivity contribution in [1.29, 1.82) is 0 Å². The van der Waals surface area contributed by atoms with Gasteiger partial charge in [0.15, 0.2) is 5.78 Å². The van der Waals surface area contributed by atoms with Crippen LogP contribution in [0.5, 0.6) is 0 Å². The Hall–Kier alpha value is -0.410. The lowest BCUT2D eigenvalue weighted by atomic mass is 9.84. The predicted molar refractivity (Wildman–Crippen MR) is 87.9 cm³/mol. The van der Waals surface area contributed by atoms with Gasteiger partial charge in [-0.3, -0.25) is 4.79 Å². The molecule has 0 aromatic carbocycles. The standard InChI is InChI=1S/C17H36N2O/c1-17(2,3)16(20)15(19-4)13-11-9-7-5-6-8-10-12-14-18/h15,19H,5-14,18H2,1-4H3/t15-/m0/s1. The molecule has 3 N–H and O–H groups in total. The summed E-state index contributed by atoms with van der Waals surface area (Å²) < 4.78 is 0. The summed E-state index contributed by atoms with van der Waals surface area (Å²) in [6.45, 7) is 6.83. The third-order valence-electron chi connectivity index (χ3n) is 3.85. The first-order valence-electron chi connectivity index (χ1n) is 8.35. The van der Waals surface area contributed by atoms with Gasteiger partial charge < -0.3 is 11.1 Å². The number of likely N-dealkylation sites (N-methyl/N-ethyl adjacent to an activating group) is 1. The molecule has 0 aliphatic carbocycles. The minimum Gasteiger partial charge on any atom is -0.330 e. The third kappa shape index (κ3) is 9.49. The Balaban J connectivity index is 3.60. The lowest BCUT2D eigenvalue weighted by molar-refractivity contribution is -0.128. The smallest absolute Gasteiger partial charge is 0.155 e. The molecule has 0 saturated heterocycles. The van der Waals surface area contributed by atoms with Gasteiger partial charge in [0.2, 0.25) is 0 Å². The van der Waals surface area contributed by atoms with Crippen LogP contribution < -0.4 is 11.1 Å². The Labute approximate surface area is 126 Å². The molecule has 0 fully saturated rings. The van der Waals surface area contributed by atoms with E-state index in [9.17, 15) is 4.79 Å². The molecule has 20 heavy (non-hydrogen) atoms. The second-order valence-corrected chi connectivity index (χ2v) is 6.86. The molecule has 3 nitrogen and oxygen atoms in total. The number of nitrogens with two attached hydrogens (primary N) is 1. The number of rotatable bonds is 12. The molecule has 0 bridgehead atoms. The second-order valence-electron chi connectivity index (χ2n) is 6.86. The van der Waals surface area contributed by atoms with Crippen molar-refractivity contribution in [1.82, 2.24) is 5.32 Å². The predicted octanol–water partition coefficient (Wildman–Crippen LogP) is 3.66. The molecule has 0 aliphatic heterocycles. The summed E-state index contributed by atoms with van der Waals surface area (Å²) in [5, 5.41) is 3.17. The average molecular weight is 284 g/mol. The van der Waals surface area contributed by atoms with Crippen LogP contribution in [0.4, 0.5) is 0 Å². The highest BCUT2D eigenvalue weighted by Crippen LogP contribution is 2.19. The molecule has 3 heteroatoms. The first kappa shape index (κ1) is 19.6. The molecule has 0 unspecified atom stereocenters. The normalized spacial score (nSPS) is 13.4. The fraction of sp³-hybridized carbons (Fsp3) is 0.941. The number of nitrogens with one attached hydrogen (secondary N) is 1. The van der Waals surface area contributed by atoms with Crippen molar-refractivity contribution < 1.29 is 4.79 Å². The molecule has 0 aliphatic rings. The highest BCUT2D eigenvalue weighted by molar-refractivity contribution is 5.88. The van der Waals surface area contributed by atoms with Gasteiger partial charge in [0.1, 0.15) is 0 Å². The van der Waals surface area contributed by atoms with Gasteiger partial charge in [-0.15, -0.1) is 0 Å². The summed E-state index contributed by atoms with van der Waals surface area (Å²) in [7, 11) is 1.89. The number of hydrogen-bond acceptors (Lipinski definition) is 3. The van der Waals surface area contributed by atoms with E-state index >= 15 is 0 Å². The van der Waals surface area contributed by atoms with Crippen LogP contribution in [0.15, 0.2) is 0 Å². The van der Waals surface area contributed by atoms with Crippen molar-refractivity contribution in [2.45, 2.75) is 84.6 Å². The maximum atomic E-state index is 12.2. The van der Waals surface area contributed by atoms with Gasteiger partial charge in [0.25, 0.3) is 0 Å². The Morgan fingerprint density at radius 1 is 0.950 bits per heavy atom. The van der Waals surface area contributed by atoms with Gasteiger partial charge >= 0.3 is 0 Å². The molecule has 0 aromatic heterocycles. The minimum atomic E-state index is -0.239. The van der Waals surface area contributed by atoms with Crippen molar-refractivity contribution in [2.75, 3.05) is 13.6 Å². The third-order valence-corrected chi connectivity index (χ3v) is 3.85. The molecule has 0 rings (SSSR count). The largest absolute Gasteiger partial charge is 0.330 e. The fourth-order valence-electron chi connectivity index (χ4n) is 2.48. The van der Waals surface area contributed by atoms with Crippen LogP contribution in [-0.4, -0.2) is 25.4 Å². The van der Waals surface area contributed by atoms with Gasteiger partial charge in [-0.1, -0.05) is 65.7 Å². The Kier molecular flexibility index (Phi) is 11.0. The minimum absolute atomic E-state index is 0.0274. The van der Waals surface area contributed by atoms with Crippen molar-refractivity contribution in [2.24, 2.45) is 11.1 Å². The summed E-state index contributed by atoms with van der Waals surface area (Å²) >= 11 is 0. The maximum Gasteiger partial charge on any atom is 0.155 e. The molecule has 0 amide bonds. The van der Waals surface area contributed by atoms with E-state index < -0.39 is 0 Å². The SMILES string of the molecule is CN[C@@H](CCCCCCCCCCN)C(=O)C(C)(C)C. The molecular formula is C17H36N2O. The first-order valence-corrected chi connectivity index (χ1v) is 8.35. The summed E-state index contributed by atoms with van der Waals surface area (Å²) in [5.74, 6) is 0.335. The van der Waals surface area contributed by atoms with E-state index in [0.717, 1.165) is 19.4 Å². The van der Waals surface area contributed by atoms with E-state index in [-0.39, 0.29) is 11.5 Å². The quantitative estimate of drug-likeness (QED) is 0.538. The van der Waals surface area contributed by atoms with Crippen LogP contribution in [0.1, 0.15) is 78.6 Å². The zero-order valence-corrected chi connectivity index (χ0v) is 14.1. The molecular weight excluding hydrogens is 248 g/mol. The number of carbonyl (C=O) groups is 1. The van der Waals surface area contributed by atoms with E-state index in [1.165, 1.54) is 44.9 Å². The van der Waals surface area contributed by atoms with E-state index in [1.54, 1.807) is 0 Å². The van der Waals surface area contributed by atoms with Crippen LogP contribution in [-0.2, 0) is 4.79 Å². The Bertz CT molecular complexity index is 246. The molecule has 0 radical (unpaired) electrons. The number of carbonyl (C=O) groups excluding carboxylic acids is 1. The van der Waals surface area contributed by atoms with Crippen LogP contribution in [0, 0.1) is 5.41 Å². The van der Waals surface area contributed by atoms with Gasteiger partial charge in [0, 0.05) is 5.41 Å². The first-order chi connectivity index (χ1) is 9.43. The monoisotopic (exact) mass is 284 g/mol. The van der Waals surface area contributed by atoms with Crippen LogP contribution in [0.2, 0.25) is 0 Å². The van der Waals surface area contributed by atoms with E-state index in [2.05, 4.69) is 5.32 Å². The van der Waals surface area contributed by atoms with Crippen molar-refractivity contribution in [3.05, 3.63) is 0 Å². The van der Waals surface area contributed by atoms with Crippen LogP contribution >= 0.6 is 0 Å². The van der Waals surface area contributed by atoms with Crippen molar-refractivity contribution in [3.8, 4) is 0 Å². The number of hydrogen-bond donors (Lipinski definition) is 2. The number of Topliss-reactive ketones (excluding diaryl/α,β-unsaturated/α-hetero) is 1. The van der Waals surface area contributed by atoms with E-state index in [4.69, 9.17) is 5.73 Å². The van der Waals surface area contributed by atoms with Gasteiger partial charge in [-0.2, -0.15) is 0 Å².